The number of rotatable bonds is 3. The van der Waals surface area contributed by atoms with Gasteiger partial charge in [-0.3, -0.25) is 14.5 Å². The molecule has 118 valence electrons. The number of hydrogen-bond acceptors (Lipinski definition) is 4. The monoisotopic (exact) mass is 311 g/mol. The van der Waals surface area contributed by atoms with Gasteiger partial charge in [-0.25, -0.2) is 4.79 Å². The fourth-order valence-corrected chi connectivity index (χ4v) is 4.32. The lowest BCUT2D eigenvalue weighted by Gasteiger charge is -2.26. The molecule has 2 fully saturated rings. The van der Waals surface area contributed by atoms with Gasteiger partial charge in [0, 0.05) is 0 Å². The van der Waals surface area contributed by atoms with E-state index in [1.165, 1.54) is 7.11 Å². The summed E-state index contributed by atoms with van der Waals surface area (Å²) in [5, 5.41) is 0. The van der Waals surface area contributed by atoms with E-state index in [1.54, 1.807) is 24.3 Å². The van der Waals surface area contributed by atoms with E-state index >= 15 is 0 Å². The second-order valence-electron chi connectivity index (χ2n) is 6.38. The van der Waals surface area contributed by atoms with Crippen molar-refractivity contribution >= 4 is 17.8 Å². The van der Waals surface area contributed by atoms with Gasteiger partial charge in [-0.05, 0) is 23.8 Å². The molecule has 0 radical (unpaired) electrons. The molecule has 5 atom stereocenters. The first kappa shape index (κ1) is 14.2. The molecule has 2 amide bonds. The van der Waals surface area contributed by atoms with Crippen LogP contribution in [0.25, 0.3) is 0 Å². The van der Waals surface area contributed by atoms with Crippen molar-refractivity contribution in [3.63, 3.8) is 0 Å². The van der Waals surface area contributed by atoms with Crippen LogP contribution < -0.4 is 0 Å². The van der Waals surface area contributed by atoms with Gasteiger partial charge in [-0.15, -0.1) is 0 Å². The lowest BCUT2D eigenvalue weighted by Crippen LogP contribution is -2.40. The fourth-order valence-electron chi connectivity index (χ4n) is 4.32. The number of carbonyl (C=O) groups excluding carboxylic acids is 3. The predicted molar refractivity (Wildman–Crippen MR) is 80.8 cm³/mol. The van der Waals surface area contributed by atoms with E-state index in [0.29, 0.717) is 5.56 Å². The predicted octanol–water partition coefficient (Wildman–Crippen LogP) is 1.71. The maximum atomic E-state index is 12.9. The van der Waals surface area contributed by atoms with Crippen LogP contribution in [0, 0.1) is 23.7 Å². The number of ether oxygens (including phenoxy) is 1. The van der Waals surface area contributed by atoms with Gasteiger partial charge in [0.15, 0.2) is 6.04 Å². The van der Waals surface area contributed by atoms with E-state index in [9.17, 15) is 14.4 Å². The molecule has 0 aromatic heterocycles. The Morgan fingerprint density at radius 1 is 1.09 bits per heavy atom. The summed E-state index contributed by atoms with van der Waals surface area (Å²) in [5.41, 5.74) is 0.598. The standard InChI is InChI=1S/C18H17NO4/c1-23-18(22)15(10-5-3-2-4-6-10)19-16(20)13-11-7-8-12(9-11)14(13)17(19)21/h2-8,11-15H,9H2,1H3/t11-,12+,13-,14+,15-/m1/s1. The summed E-state index contributed by atoms with van der Waals surface area (Å²) in [6, 6.07) is 7.87. The van der Waals surface area contributed by atoms with Crippen LogP contribution in [-0.2, 0) is 19.1 Å². The highest BCUT2D eigenvalue weighted by molar-refractivity contribution is 6.09. The second kappa shape index (κ2) is 5.05. The Morgan fingerprint density at radius 2 is 1.65 bits per heavy atom. The SMILES string of the molecule is COC(=O)[C@@H](c1ccccc1)N1C(=O)[C@@H]2[C@H](C1=O)[C@@H]1C=C[C@H]2C1. The zero-order chi connectivity index (χ0) is 16.1. The third-order valence-corrected chi connectivity index (χ3v) is 5.30. The Bertz CT molecular complexity index is 681. The van der Waals surface area contributed by atoms with Crippen LogP contribution in [0.1, 0.15) is 18.0 Å². The quantitative estimate of drug-likeness (QED) is 0.484. The van der Waals surface area contributed by atoms with Crippen LogP contribution in [0.4, 0.5) is 0 Å². The van der Waals surface area contributed by atoms with Crippen LogP contribution in [-0.4, -0.2) is 29.8 Å². The van der Waals surface area contributed by atoms with Crippen LogP contribution in [0.5, 0.6) is 0 Å². The Morgan fingerprint density at radius 3 is 2.17 bits per heavy atom. The Kier molecular flexibility index (Phi) is 3.11. The average Bonchev–Trinajstić information content (AvgIpc) is 3.25. The topological polar surface area (TPSA) is 63.7 Å². The van der Waals surface area contributed by atoms with E-state index in [2.05, 4.69) is 0 Å². The molecule has 1 aliphatic heterocycles. The zero-order valence-electron chi connectivity index (χ0n) is 12.7. The summed E-state index contributed by atoms with van der Waals surface area (Å²) in [6.07, 6.45) is 4.95. The molecule has 5 heteroatoms. The third kappa shape index (κ3) is 1.89. The average molecular weight is 311 g/mol. The molecule has 4 rings (SSSR count). The molecular weight excluding hydrogens is 294 g/mol. The van der Waals surface area contributed by atoms with Crippen LogP contribution in [0.15, 0.2) is 42.5 Å². The largest absolute Gasteiger partial charge is 0.467 e. The van der Waals surface area contributed by atoms with Crippen molar-refractivity contribution in [3.05, 3.63) is 48.0 Å². The summed E-state index contributed by atoms with van der Waals surface area (Å²) >= 11 is 0. The van der Waals surface area contributed by atoms with Gasteiger partial charge < -0.3 is 4.74 Å². The number of carbonyl (C=O) groups is 3. The maximum Gasteiger partial charge on any atom is 0.333 e. The smallest absolute Gasteiger partial charge is 0.333 e. The van der Waals surface area contributed by atoms with Crippen LogP contribution >= 0.6 is 0 Å². The van der Waals surface area contributed by atoms with Crippen molar-refractivity contribution in [1.82, 2.24) is 4.90 Å². The molecular formula is C18H17NO4. The number of likely N-dealkylation sites (tertiary alicyclic amines) is 1. The van der Waals surface area contributed by atoms with Crippen LogP contribution in [0.2, 0.25) is 0 Å². The number of allylic oxidation sites excluding steroid dienone is 2. The van der Waals surface area contributed by atoms with Gasteiger partial charge in [0.25, 0.3) is 0 Å². The van der Waals surface area contributed by atoms with Gasteiger partial charge in [0.2, 0.25) is 11.8 Å². The van der Waals surface area contributed by atoms with Crippen molar-refractivity contribution in [2.45, 2.75) is 12.5 Å². The first-order chi connectivity index (χ1) is 11.1. The minimum atomic E-state index is -0.994. The number of methoxy groups -OCH3 is 1. The van der Waals surface area contributed by atoms with Crippen LogP contribution in [0.3, 0.4) is 0 Å². The van der Waals surface area contributed by atoms with E-state index in [-0.39, 0.29) is 35.5 Å². The summed E-state index contributed by atoms with van der Waals surface area (Å²) in [4.78, 5) is 39.2. The summed E-state index contributed by atoms with van der Waals surface area (Å²) < 4.78 is 4.87. The number of imide groups is 1. The lowest BCUT2D eigenvalue weighted by atomic mass is 9.85. The van der Waals surface area contributed by atoms with E-state index in [4.69, 9.17) is 4.74 Å². The first-order valence-corrected chi connectivity index (χ1v) is 7.81. The highest BCUT2D eigenvalue weighted by Gasteiger charge is 2.61. The summed E-state index contributed by atoms with van der Waals surface area (Å²) in [5.74, 6) is -1.44. The summed E-state index contributed by atoms with van der Waals surface area (Å²) in [7, 11) is 1.27. The van der Waals surface area contributed by atoms with Gasteiger partial charge in [0.05, 0.1) is 18.9 Å². The molecule has 1 aromatic rings. The lowest BCUT2D eigenvalue weighted by molar-refractivity contribution is -0.157. The van der Waals surface area contributed by atoms with Gasteiger partial charge >= 0.3 is 5.97 Å². The minimum Gasteiger partial charge on any atom is -0.467 e. The van der Waals surface area contributed by atoms with E-state index < -0.39 is 12.0 Å². The fraction of sp³-hybridized carbons (Fsp3) is 0.389. The van der Waals surface area contributed by atoms with Crippen molar-refractivity contribution in [2.75, 3.05) is 7.11 Å². The molecule has 0 unspecified atom stereocenters. The summed E-state index contributed by atoms with van der Waals surface area (Å²) in [6.45, 7) is 0. The number of hydrogen-bond donors (Lipinski definition) is 0. The Labute approximate surface area is 133 Å². The molecule has 0 spiro atoms. The molecule has 2 bridgehead atoms. The molecule has 1 saturated heterocycles. The first-order valence-electron chi connectivity index (χ1n) is 7.81. The molecule has 1 heterocycles. The highest BCUT2D eigenvalue weighted by atomic mass is 16.5. The third-order valence-electron chi connectivity index (χ3n) is 5.30. The highest BCUT2D eigenvalue weighted by Crippen LogP contribution is 2.53. The molecule has 1 saturated carbocycles. The number of amides is 2. The Balaban J connectivity index is 1.74. The maximum absolute atomic E-state index is 12.9. The molecule has 2 aliphatic carbocycles. The normalized spacial score (nSPS) is 32.3. The molecule has 23 heavy (non-hydrogen) atoms. The van der Waals surface area contributed by atoms with Crippen molar-refractivity contribution in [2.24, 2.45) is 23.7 Å². The number of esters is 1. The van der Waals surface area contributed by atoms with Gasteiger partial charge in [-0.1, -0.05) is 42.5 Å². The number of nitrogens with zero attached hydrogens (tertiary/aromatic N) is 1. The molecule has 1 aromatic carbocycles. The number of fused-ring (bicyclic) bond motifs is 5. The minimum absolute atomic E-state index is 0.125. The number of benzene rings is 1. The van der Waals surface area contributed by atoms with Gasteiger partial charge in [0.1, 0.15) is 0 Å². The molecule has 0 N–H and O–H groups in total. The van der Waals surface area contributed by atoms with E-state index in [0.717, 1.165) is 11.3 Å². The Hall–Kier alpha value is -2.43. The van der Waals surface area contributed by atoms with Gasteiger partial charge in [-0.2, -0.15) is 0 Å². The second-order valence-corrected chi connectivity index (χ2v) is 6.38. The zero-order valence-corrected chi connectivity index (χ0v) is 12.7. The van der Waals surface area contributed by atoms with E-state index in [1.807, 2.05) is 18.2 Å². The molecule has 3 aliphatic rings. The van der Waals surface area contributed by atoms with Crippen molar-refractivity contribution in [1.29, 1.82) is 0 Å². The van der Waals surface area contributed by atoms with Crippen molar-refractivity contribution in [3.8, 4) is 0 Å². The molecule has 5 nitrogen and oxygen atoms in total. The van der Waals surface area contributed by atoms with Crippen molar-refractivity contribution < 1.29 is 19.1 Å².